The lowest BCUT2D eigenvalue weighted by molar-refractivity contribution is -0.115. The Hall–Kier alpha value is -2.57. The van der Waals surface area contributed by atoms with E-state index in [0.29, 0.717) is 22.7 Å². The van der Waals surface area contributed by atoms with Gasteiger partial charge in [0.2, 0.25) is 15.9 Å². The highest BCUT2D eigenvalue weighted by molar-refractivity contribution is 8.01. The molecule has 1 aliphatic heterocycles. The molecule has 0 radical (unpaired) electrons. The van der Waals surface area contributed by atoms with Crippen LogP contribution in [-0.2, 0) is 21.4 Å². The predicted octanol–water partition coefficient (Wildman–Crippen LogP) is 2.39. The van der Waals surface area contributed by atoms with Gasteiger partial charge in [-0.3, -0.25) is 9.59 Å². The maximum atomic E-state index is 13.7. The van der Waals surface area contributed by atoms with Crippen molar-refractivity contribution in [3.05, 3.63) is 58.9 Å². The maximum absolute atomic E-state index is 13.7. The van der Waals surface area contributed by atoms with Gasteiger partial charge in [-0.05, 0) is 24.6 Å². The summed E-state index contributed by atoms with van der Waals surface area (Å²) in [5, 5.41) is 4.52. The summed E-state index contributed by atoms with van der Waals surface area (Å²) < 4.78 is 65.0. The summed E-state index contributed by atoms with van der Waals surface area (Å²) in [5.74, 6) is -4.24. The fourth-order valence-corrected chi connectivity index (χ4v) is 4.45. The predicted molar refractivity (Wildman–Crippen MR) is 110 cm³/mol. The monoisotopic (exact) mass is 473 g/mol. The molecule has 1 aliphatic rings. The number of benzene rings is 2. The molecular formula is C19H18F3N3O4S2. The molecule has 0 saturated heterocycles. The van der Waals surface area contributed by atoms with Crippen LogP contribution < -0.4 is 15.4 Å². The first-order valence-corrected chi connectivity index (χ1v) is 11.8. The smallest absolute Gasteiger partial charge is 0.251 e. The van der Waals surface area contributed by atoms with Crippen LogP contribution in [0.4, 0.5) is 18.9 Å². The van der Waals surface area contributed by atoms with Crippen molar-refractivity contribution in [1.29, 1.82) is 0 Å². The third kappa shape index (κ3) is 5.99. The zero-order chi connectivity index (χ0) is 22.8. The summed E-state index contributed by atoms with van der Waals surface area (Å²) in [7, 11) is -3.35. The summed E-state index contributed by atoms with van der Waals surface area (Å²) >= 11 is 1.24. The molecule has 0 aromatic heterocycles. The minimum absolute atomic E-state index is 0.107. The first-order valence-electron chi connectivity index (χ1n) is 9.01. The number of hydrogen-bond acceptors (Lipinski definition) is 5. The lowest BCUT2D eigenvalue weighted by atomic mass is 10.1. The molecule has 3 rings (SSSR count). The number of carbonyl (C=O) groups excluding carboxylic acids is 2. The highest BCUT2D eigenvalue weighted by Gasteiger charge is 2.27. The number of carbonyl (C=O) groups is 2. The topological polar surface area (TPSA) is 104 Å². The average molecular weight is 473 g/mol. The molecule has 0 fully saturated rings. The lowest BCUT2D eigenvalue weighted by Gasteiger charge is -2.24. The second-order valence-electron chi connectivity index (χ2n) is 6.79. The van der Waals surface area contributed by atoms with Crippen LogP contribution in [0.15, 0.2) is 35.2 Å². The van der Waals surface area contributed by atoms with E-state index in [0.717, 1.165) is 6.26 Å². The van der Waals surface area contributed by atoms with Crippen LogP contribution in [-0.4, -0.2) is 38.3 Å². The Balaban J connectivity index is 1.65. The summed E-state index contributed by atoms with van der Waals surface area (Å²) in [5.41, 5.74) is 0.0796. The van der Waals surface area contributed by atoms with Crippen molar-refractivity contribution >= 4 is 39.3 Å². The number of fused-ring (bicyclic) bond motifs is 1. The number of sulfonamides is 1. The zero-order valence-electron chi connectivity index (χ0n) is 16.2. The van der Waals surface area contributed by atoms with Gasteiger partial charge in [0.1, 0.15) is 17.5 Å². The third-order valence-electron chi connectivity index (χ3n) is 4.36. The summed E-state index contributed by atoms with van der Waals surface area (Å²) in [6.07, 6.45) is 1.31. The fraction of sp³-hybridized carbons (Fsp3) is 0.263. The third-order valence-corrected chi connectivity index (χ3v) is 6.44. The van der Waals surface area contributed by atoms with Crippen molar-refractivity contribution < 1.29 is 31.2 Å². The number of nitrogens with one attached hydrogen (secondary N) is 3. The quantitative estimate of drug-likeness (QED) is 0.573. The normalized spacial score (nSPS) is 15.9. The van der Waals surface area contributed by atoms with Crippen molar-refractivity contribution in [2.75, 3.05) is 18.1 Å². The Morgan fingerprint density at radius 2 is 1.84 bits per heavy atom. The van der Waals surface area contributed by atoms with E-state index in [-0.39, 0.29) is 24.4 Å². The van der Waals surface area contributed by atoms with Crippen LogP contribution in [0.1, 0.15) is 22.3 Å². The molecule has 2 aromatic rings. The summed E-state index contributed by atoms with van der Waals surface area (Å²) in [4.78, 5) is 25.3. The first kappa shape index (κ1) is 23.1. The van der Waals surface area contributed by atoms with Crippen LogP contribution >= 0.6 is 11.8 Å². The molecule has 2 aromatic carbocycles. The van der Waals surface area contributed by atoms with E-state index in [1.807, 2.05) is 0 Å². The molecule has 3 N–H and O–H groups in total. The second-order valence-corrected chi connectivity index (χ2v) is 9.87. The van der Waals surface area contributed by atoms with Gasteiger partial charge in [0.15, 0.2) is 0 Å². The van der Waals surface area contributed by atoms with Gasteiger partial charge in [-0.2, -0.15) is 0 Å². The second kappa shape index (κ2) is 9.28. The van der Waals surface area contributed by atoms with Crippen LogP contribution in [0.5, 0.6) is 0 Å². The van der Waals surface area contributed by atoms with E-state index in [9.17, 15) is 31.2 Å². The van der Waals surface area contributed by atoms with Gasteiger partial charge < -0.3 is 10.6 Å². The molecule has 2 amide bonds. The molecule has 12 heteroatoms. The molecule has 7 nitrogen and oxygen atoms in total. The number of rotatable bonds is 7. The number of thioether (sulfide) groups is 1. The Bertz CT molecular complexity index is 1120. The van der Waals surface area contributed by atoms with Crippen molar-refractivity contribution in [2.45, 2.75) is 23.1 Å². The van der Waals surface area contributed by atoms with E-state index < -0.39 is 50.7 Å². The van der Waals surface area contributed by atoms with Crippen LogP contribution in [0.25, 0.3) is 0 Å². The Morgan fingerprint density at radius 3 is 2.48 bits per heavy atom. The number of anilines is 1. The molecule has 1 atom stereocenters. The standard InChI is InChI=1S/C19H18F3N3O4S2/c1-31(28,29)24-5-4-17-19(27)25-15-6-10(2-3-16(15)30-17)18(26)23-9-12-13(21)7-11(20)8-14(12)22/h2-3,6-8,17,24H,4-5,9H2,1H3,(H,23,26)(H,25,27). The van der Waals surface area contributed by atoms with Gasteiger partial charge in [0.05, 0.1) is 17.2 Å². The molecule has 0 bridgehead atoms. The van der Waals surface area contributed by atoms with Gasteiger partial charge in [-0.25, -0.2) is 26.3 Å². The number of halogens is 3. The van der Waals surface area contributed by atoms with Crippen molar-refractivity contribution in [3.8, 4) is 0 Å². The van der Waals surface area contributed by atoms with E-state index in [4.69, 9.17) is 0 Å². The molecule has 0 spiro atoms. The van der Waals surface area contributed by atoms with E-state index in [1.165, 1.54) is 23.9 Å². The first-order chi connectivity index (χ1) is 14.5. The van der Waals surface area contributed by atoms with Gasteiger partial charge in [-0.15, -0.1) is 11.8 Å². The highest BCUT2D eigenvalue weighted by atomic mass is 32.2. The average Bonchev–Trinajstić information content (AvgIpc) is 2.66. The van der Waals surface area contributed by atoms with E-state index >= 15 is 0 Å². The van der Waals surface area contributed by atoms with E-state index in [1.54, 1.807) is 6.07 Å². The molecule has 1 unspecified atom stereocenters. The van der Waals surface area contributed by atoms with Gasteiger partial charge in [-0.1, -0.05) is 0 Å². The Morgan fingerprint density at radius 1 is 1.16 bits per heavy atom. The lowest BCUT2D eigenvalue weighted by Crippen LogP contribution is -2.33. The van der Waals surface area contributed by atoms with Gasteiger partial charge in [0.25, 0.3) is 5.91 Å². The van der Waals surface area contributed by atoms with Crippen LogP contribution in [0.2, 0.25) is 0 Å². The Kier molecular flexibility index (Phi) is 6.92. The minimum Gasteiger partial charge on any atom is -0.348 e. The molecule has 1 heterocycles. The highest BCUT2D eigenvalue weighted by Crippen LogP contribution is 2.37. The van der Waals surface area contributed by atoms with Gasteiger partial charge >= 0.3 is 0 Å². The van der Waals surface area contributed by atoms with E-state index in [2.05, 4.69) is 15.4 Å². The summed E-state index contributed by atoms with van der Waals surface area (Å²) in [6.45, 7) is -0.374. The molecular weight excluding hydrogens is 455 g/mol. The number of hydrogen-bond donors (Lipinski definition) is 3. The maximum Gasteiger partial charge on any atom is 0.251 e. The van der Waals surface area contributed by atoms with Crippen molar-refractivity contribution in [3.63, 3.8) is 0 Å². The zero-order valence-corrected chi connectivity index (χ0v) is 17.8. The SMILES string of the molecule is CS(=O)(=O)NCCC1Sc2ccc(C(=O)NCc3c(F)cc(F)cc3F)cc2NC1=O. The van der Waals surface area contributed by atoms with Crippen LogP contribution in [0.3, 0.4) is 0 Å². The van der Waals surface area contributed by atoms with Gasteiger partial charge in [0, 0.05) is 41.2 Å². The summed E-state index contributed by atoms with van der Waals surface area (Å²) in [6, 6.07) is 5.58. The van der Waals surface area contributed by atoms with Crippen molar-refractivity contribution in [1.82, 2.24) is 10.0 Å². The molecule has 166 valence electrons. The van der Waals surface area contributed by atoms with Crippen LogP contribution in [0, 0.1) is 17.5 Å². The Labute approximate surface area is 180 Å². The fourth-order valence-electron chi connectivity index (χ4n) is 2.87. The number of amides is 2. The largest absolute Gasteiger partial charge is 0.348 e. The molecule has 31 heavy (non-hydrogen) atoms. The molecule has 0 saturated carbocycles. The van der Waals surface area contributed by atoms with Crippen molar-refractivity contribution in [2.24, 2.45) is 0 Å². The minimum atomic E-state index is -3.35. The molecule has 0 aliphatic carbocycles.